The molecule has 13 heavy (non-hydrogen) atoms. The van der Waals surface area contributed by atoms with Crippen molar-refractivity contribution in [1.82, 2.24) is 0 Å². The molecule has 0 saturated carbocycles. The predicted octanol–water partition coefficient (Wildman–Crippen LogP) is 2.91. The third-order valence-corrected chi connectivity index (χ3v) is 2.40. The van der Waals surface area contributed by atoms with Gasteiger partial charge in [-0.15, -0.1) is 0 Å². The van der Waals surface area contributed by atoms with Crippen LogP contribution in [0.2, 0.25) is 0 Å². The lowest BCUT2D eigenvalue weighted by Crippen LogP contribution is -1.88. The molecule has 1 aromatic carbocycles. The summed E-state index contributed by atoms with van der Waals surface area (Å²) in [4.78, 5) is 0. The van der Waals surface area contributed by atoms with E-state index in [-0.39, 0.29) is 0 Å². The predicted molar refractivity (Wildman–Crippen MR) is 54.6 cm³/mol. The largest absolute Gasteiger partial charge is 0.496 e. The molecule has 0 radical (unpaired) electrons. The molecule has 0 aliphatic rings. The average molecular weight is 240 g/mol. The van der Waals surface area contributed by atoms with Crippen LogP contribution < -0.4 is 4.74 Å². The van der Waals surface area contributed by atoms with Gasteiger partial charge in [0.1, 0.15) is 5.75 Å². The van der Waals surface area contributed by atoms with Gasteiger partial charge in [-0.25, -0.2) is 0 Å². The second-order valence-corrected chi connectivity index (χ2v) is 3.48. The van der Waals surface area contributed by atoms with Crippen LogP contribution in [0.1, 0.15) is 12.0 Å². The van der Waals surface area contributed by atoms with Crippen LogP contribution in [0.4, 0.5) is 0 Å². The zero-order valence-electron chi connectivity index (χ0n) is 7.38. The monoisotopic (exact) mass is 239 g/mol. The Labute approximate surface area is 86.3 Å². The van der Waals surface area contributed by atoms with Crippen molar-refractivity contribution >= 4 is 15.9 Å². The molecule has 0 atom stereocenters. The van der Waals surface area contributed by atoms with E-state index in [0.717, 1.165) is 22.2 Å². The van der Waals surface area contributed by atoms with Crippen molar-refractivity contribution in [1.29, 1.82) is 5.26 Å². The number of nitriles is 1. The summed E-state index contributed by atoms with van der Waals surface area (Å²) >= 11 is 3.37. The maximum absolute atomic E-state index is 8.42. The maximum atomic E-state index is 8.42. The molecule has 0 amide bonds. The minimum absolute atomic E-state index is 0.546. The highest BCUT2D eigenvalue weighted by Crippen LogP contribution is 2.25. The number of benzene rings is 1. The molecule has 1 rings (SSSR count). The van der Waals surface area contributed by atoms with Gasteiger partial charge in [0, 0.05) is 6.42 Å². The number of hydrogen-bond acceptors (Lipinski definition) is 2. The van der Waals surface area contributed by atoms with Crippen molar-refractivity contribution in [2.45, 2.75) is 12.8 Å². The van der Waals surface area contributed by atoms with Crippen LogP contribution in [0.3, 0.4) is 0 Å². The maximum Gasteiger partial charge on any atom is 0.133 e. The van der Waals surface area contributed by atoms with Gasteiger partial charge in [0.15, 0.2) is 0 Å². The number of aryl methyl sites for hydroxylation is 1. The molecule has 2 nitrogen and oxygen atoms in total. The Morgan fingerprint density at radius 2 is 2.31 bits per heavy atom. The fourth-order valence-electron chi connectivity index (χ4n) is 1.06. The van der Waals surface area contributed by atoms with Crippen LogP contribution in [0, 0.1) is 11.3 Å². The van der Waals surface area contributed by atoms with Crippen LogP contribution in [0.25, 0.3) is 0 Å². The van der Waals surface area contributed by atoms with Crippen LogP contribution >= 0.6 is 15.9 Å². The van der Waals surface area contributed by atoms with Crippen LogP contribution in [-0.4, -0.2) is 7.11 Å². The summed E-state index contributed by atoms with van der Waals surface area (Å²) in [6.45, 7) is 0. The molecule has 0 fully saturated rings. The standard InChI is InChI=1S/C10H10BrNO/c1-13-10-7-8(3-2-6-12)4-5-9(10)11/h4-5,7H,2-3H2,1H3. The van der Waals surface area contributed by atoms with Crippen molar-refractivity contribution < 1.29 is 4.74 Å². The normalized spacial score (nSPS) is 9.31. The van der Waals surface area contributed by atoms with Crippen LogP contribution in [0.5, 0.6) is 5.75 Å². The van der Waals surface area contributed by atoms with E-state index in [4.69, 9.17) is 10.00 Å². The smallest absolute Gasteiger partial charge is 0.133 e. The molecule has 0 spiro atoms. The van der Waals surface area contributed by atoms with Gasteiger partial charge in [0.2, 0.25) is 0 Å². The van der Waals surface area contributed by atoms with Gasteiger partial charge in [-0.3, -0.25) is 0 Å². The number of halogens is 1. The SMILES string of the molecule is COc1cc(CCC#N)ccc1Br. The van der Waals surface area contributed by atoms with Crippen molar-refractivity contribution in [2.24, 2.45) is 0 Å². The first-order valence-electron chi connectivity index (χ1n) is 3.97. The molecular weight excluding hydrogens is 230 g/mol. The van der Waals surface area contributed by atoms with E-state index in [9.17, 15) is 0 Å². The molecule has 0 saturated heterocycles. The second-order valence-electron chi connectivity index (χ2n) is 2.63. The van der Waals surface area contributed by atoms with E-state index in [1.807, 2.05) is 18.2 Å². The molecule has 0 bridgehead atoms. The first kappa shape index (κ1) is 10.1. The Hall–Kier alpha value is -1.01. The highest BCUT2D eigenvalue weighted by atomic mass is 79.9. The molecule has 0 aromatic heterocycles. The zero-order valence-corrected chi connectivity index (χ0v) is 8.97. The molecule has 0 aliphatic carbocycles. The number of nitrogens with zero attached hydrogens (tertiary/aromatic N) is 1. The van der Waals surface area contributed by atoms with Crippen molar-refractivity contribution in [2.75, 3.05) is 7.11 Å². The minimum Gasteiger partial charge on any atom is -0.496 e. The summed E-state index contributed by atoms with van der Waals surface area (Å²) in [5, 5.41) is 8.42. The van der Waals surface area contributed by atoms with Gasteiger partial charge in [0.25, 0.3) is 0 Å². The molecule has 0 N–H and O–H groups in total. The van der Waals surface area contributed by atoms with Crippen molar-refractivity contribution in [3.8, 4) is 11.8 Å². The van der Waals surface area contributed by atoms with E-state index in [1.165, 1.54) is 0 Å². The number of ether oxygens (including phenoxy) is 1. The molecule has 1 aromatic rings. The third-order valence-electron chi connectivity index (χ3n) is 1.74. The summed E-state index contributed by atoms with van der Waals surface area (Å²) in [6.07, 6.45) is 1.32. The molecule has 3 heteroatoms. The number of methoxy groups -OCH3 is 1. The van der Waals surface area contributed by atoms with Gasteiger partial charge < -0.3 is 4.74 Å². The lowest BCUT2D eigenvalue weighted by Gasteiger charge is -2.04. The Morgan fingerprint density at radius 3 is 2.92 bits per heavy atom. The Kier molecular flexibility index (Phi) is 3.78. The Bertz CT molecular complexity index is 330. The Morgan fingerprint density at radius 1 is 1.54 bits per heavy atom. The fourth-order valence-corrected chi connectivity index (χ4v) is 1.47. The van der Waals surface area contributed by atoms with E-state index < -0.39 is 0 Å². The van der Waals surface area contributed by atoms with Crippen molar-refractivity contribution in [3.05, 3.63) is 28.2 Å². The summed E-state index contributed by atoms with van der Waals surface area (Å²) in [5.74, 6) is 0.815. The van der Waals surface area contributed by atoms with Gasteiger partial charge in [-0.05, 0) is 40.0 Å². The summed E-state index contributed by atoms with van der Waals surface area (Å²) < 4.78 is 6.08. The first-order valence-corrected chi connectivity index (χ1v) is 4.76. The third kappa shape index (κ3) is 2.74. The average Bonchev–Trinajstić information content (AvgIpc) is 2.16. The molecule has 68 valence electrons. The second kappa shape index (κ2) is 4.88. The number of rotatable bonds is 3. The van der Waals surface area contributed by atoms with E-state index in [2.05, 4.69) is 22.0 Å². The molecule has 0 unspecified atom stereocenters. The topological polar surface area (TPSA) is 33.0 Å². The highest BCUT2D eigenvalue weighted by molar-refractivity contribution is 9.10. The molecule has 0 aliphatic heterocycles. The summed E-state index contributed by atoms with van der Waals surface area (Å²) in [7, 11) is 1.63. The first-order chi connectivity index (χ1) is 6.27. The van der Waals surface area contributed by atoms with Gasteiger partial charge in [0.05, 0.1) is 17.7 Å². The van der Waals surface area contributed by atoms with Crippen LogP contribution in [0.15, 0.2) is 22.7 Å². The molecule has 0 heterocycles. The summed E-state index contributed by atoms with van der Waals surface area (Å²) in [6, 6.07) is 7.99. The van der Waals surface area contributed by atoms with Gasteiger partial charge in [-0.1, -0.05) is 6.07 Å². The summed E-state index contributed by atoms with van der Waals surface area (Å²) in [5.41, 5.74) is 1.13. The quantitative estimate of drug-likeness (QED) is 0.813. The van der Waals surface area contributed by atoms with Gasteiger partial charge in [-0.2, -0.15) is 5.26 Å². The van der Waals surface area contributed by atoms with E-state index in [1.54, 1.807) is 7.11 Å². The lowest BCUT2D eigenvalue weighted by molar-refractivity contribution is 0.411. The highest BCUT2D eigenvalue weighted by Gasteiger charge is 2.00. The van der Waals surface area contributed by atoms with E-state index >= 15 is 0 Å². The Balaban J connectivity index is 2.81. The zero-order chi connectivity index (χ0) is 9.68. The minimum atomic E-state index is 0.546. The van der Waals surface area contributed by atoms with Gasteiger partial charge >= 0.3 is 0 Å². The van der Waals surface area contributed by atoms with Crippen LogP contribution in [-0.2, 0) is 6.42 Å². The fraction of sp³-hybridized carbons (Fsp3) is 0.300. The lowest BCUT2D eigenvalue weighted by atomic mass is 10.1. The molecular formula is C10H10BrNO. The van der Waals surface area contributed by atoms with E-state index in [0.29, 0.717) is 6.42 Å². The van der Waals surface area contributed by atoms with Crippen molar-refractivity contribution in [3.63, 3.8) is 0 Å². The number of hydrogen-bond donors (Lipinski definition) is 0.